The van der Waals surface area contributed by atoms with Gasteiger partial charge in [0.05, 0.1) is 6.04 Å². The van der Waals surface area contributed by atoms with E-state index in [0.29, 0.717) is 17.3 Å². The summed E-state index contributed by atoms with van der Waals surface area (Å²) in [5, 5.41) is 10.4. The quantitative estimate of drug-likeness (QED) is 0.670. The van der Waals surface area contributed by atoms with Gasteiger partial charge in [-0.3, -0.25) is 4.79 Å². The number of thiophene rings is 1. The molecule has 7 heteroatoms. The molecule has 1 aromatic carbocycles. The molecule has 0 fully saturated rings. The fourth-order valence-electron chi connectivity index (χ4n) is 2.45. The number of rotatable bonds is 6. The molecule has 0 saturated heterocycles. The van der Waals surface area contributed by atoms with Gasteiger partial charge in [0.15, 0.2) is 0 Å². The van der Waals surface area contributed by atoms with Crippen molar-refractivity contribution in [1.82, 2.24) is 15.2 Å². The fourth-order valence-corrected chi connectivity index (χ4v) is 4.09. The predicted molar refractivity (Wildman–Crippen MR) is 106 cm³/mol. The van der Waals surface area contributed by atoms with E-state index in [1.165, 1.54) is 16.9 Å². The second-order valence-electron chi connectivity index (χ2n) is 5.79. The van der Waals surface area contributed by atoms with Gasteiger partial charge >= 0.3 is 0 Å². The number of nitrogens with one attached hydrogen (secondary N) is 1. The van der Waals surface area contributed by atoms with Crippen LogP contribution >= 0.6 is 34.3 Å². The number of halogens is 1. The van der Waals surface area contributed by atoms with E-state index in [-0.39, 0.29) is 11.9 Å². The van der Waals surface area contributed by atoms with Crippen molar-refractivity contribution in [3.8, 4) is 10.6 Å². The number of likely N-dealkylation sites (N-methyl/N-ethyl adjacent to an activating group) is 1. The van der Waals surface area contributed by atoms with E-state index in [1.807, 2.05) is 43.7 Å². The molecular formula is C18H18ClN3OS2. The van der Waals surface area contributed by atoms with Crippen LogP contribution in [0.4, 0.5) is 0 Å². The van der Waals surface area contributed by atoms with Gasteiger partial charge in [-0.25, -0.2) is 4.98 Å². The Morgan fingerprint density at radius 3 is 2.64 bits per heavy atom. The normalized spacial score (nSPS) is 12.3. The lowest BCUT2D eigenvalue weighted by Crippen LogP contribution is -2.34. The number of carbonyl (C=O) groups excluding carboxylic acids is 1. The Morgan fingerprint density at radius 1 is 1.24 bits per heavy atom. The lowest BCUT2D eigenvalue weighted by Gasteiger charge is -2.23. The molecule has 0 spiro atoms. The molecule has 0 unspecified atom stereocenters. The molecule has 0 radical (unpaired) electrons. The number of hydrogen-bond acceptors (Lipinski definition) is 5. The molecule has 3 aromatic rings. The third-order valence-corrected chi connectivity index (χ3v) is 5.68. The third-order valence-electron chi connectivity index (χ3n) is 3.84. The Balaban J connectivity index is 1.66. The zero-order chi connectivity index (χ0) is 17.8. The summed E-state index contributed by atoms with van der Waals surface area (Å²) in [4.78, 5) is 19.0. The summed E-state index contributed by atoms with van der Waals surface area (Å²) in [5.74, 6) is -0.154. The molecule has 0 aliphatic heterocycles. The van der Waals surface area contributed by atoms with E-state index in [0.717, 1.165) is 10.6 Å². The summed E-state index contributed by atoms with van der Waals surface area (Å²) in [6, 6.07) is 9.68. The Labute approximate surface area is 160 Å². The van der Waals surface area contributed by atoms with Crippen LogP contribution in [0.2, 0.25) is 5.02 Å². The average molecular weight is 392 g/mol. The molecule has 3 rings (SSSR count). The maximum Gasteiger partial charge on any atom is 0.270 e. The minimum absolute atomic E-state index is 0.143. The number of amides is 1. The molecule has 1 atom stereocenters. The van der Waals surface area contributed by atoms with E-state index in [2.05, 4.69) is 26.6 Å². The van der Waals surface area contributed by atoms with Crippen LogP contribution in [0.25, 0.3) is 10.6 Å². The van der Waals surface area contributed by atoms with Gasteiger partial charge in [-0.05, 0) is 48.6 Å². The summed E-state index contributed by atoms with van der Waals surface area (Å²) < 4.78 is 0. The van der Waals surface area contributed by atoms with Crippen molar-refractivity contribution in [3.63, 3.8) is 0 Å². The highest BCUT2D eigenvalue weighted by molar-refractivity contribution is 7.13. The molecular weight excluding hydrogens is 374 g/mol. The molecule has 0 saturated carbocycles. The van der Waals surface area contributed by atoms with Crippen LogP contribution in [0, 0.1) is 0 Å². The van der Waals surface area contributed by atoms with Gasteiger partial charge in [-0.15, -0.1) is 11.3 Å². The van der Waals surface area contributed by atoms with Crippen molar-refractivity contribution in [1.29, 1.82) is 0 Å². The van der Waals surface area contributed by atoms with Crippen molar-refractivity contribution in [2.24, 2.45) is 0 Å². The highest BCUT2D eigenvalue weighted by Crippen LogP contribution is 2.25. The zero-order valence-electron chi connectivity index (χ0n) is 13.9. The molecule has 0 bridgehead atoms. The van der Waals surface area contributed by atoms with Crippen molar-refractivity contribution < 1.29 is 4.79 Å². The summed E-state index contributed by atoms with van der Waals surface area (Å²) in [6.45, 7) is 0.538. The number of thiazole rings is 1. The maximum atomic E-state index is 12.4. The monoisotopic (exact) mass is 391 g/mol. The number of hydrogen-bond donors (Lipinski definition) is 1. The smallest absolute Gasteiger partial charge is 0.270 e. The van der Waals surface area contributed by atoms with Crippen LogP contribution in [0.5, 0.6) is 0 Å². The summed E-state index contributed by atoms with van der Waals surface area (Å²) in [6.07, 6.45) is 0. The second kappa shape index (κ2) is 8.10. The van der Waals surface area contributed by atoms with Gasteiger partial charge in [-0.2, -0.15) is 11.3 Å². The van der Waals surface area contributed by atoms with E-state index >= 15 is 0 Å². The van der Waals surface area contributed by atoms with Crippen LogP contribution in [0.3, 0.4) is 0 Å². The van der Waals surface area contributed by atoms with Crippen LogP contribution in [0.15, 0.2) is 46.5 Å². The van der Waals surface area contributed by atoms with Gasteiger partial charge in [0.2, 0.25) is 0 Å². The molecule has 130 valence electrons. The zero-order valence-corrected chi connectivity index (χ0v) is 16.3. The van der Waals surface area contributed by atoms with Crippen molar-refractivity contribution in [2.75, 3.05) is 20.6 Å². The van der Waals surface area contributed by atoms with Gasteiger partial charge in [0.25, 0.3) is 5.91 Å². The Morgan fingerprint density at radius 2 is 2.00 bits per heavy atom. The van der Waals surface area contributed by atoms with Crippen molar-refractivity contribution >= 4 is 40.2 Å². The van der Waals surface area contributed by atoms with Gasteiger partial charge in [-0.1, -0.05) is 23.7 Å². The fraction of sp³-hybridized carbons (Fsp3) is 0.222. The van der Waals surface area contributed by atoms with Gasteiger partial charge in [0.1, 0.15) is 10.7 Å². The maximum absolute atomic E-state index is 12.4. The minimum atomic E-state index is -0.154. The first-order valence-corrected chi connectivity index (χ1v) is 9.93. The molecule has 1 amide bonds. The SMILES string of the molecule is CN(C)[C@H](CNC(=O)c1csc(-c2ccc(Cl)cc2)n1)c1ccsc1. The predicted octanol–water partition coefficient (Wildman–Crippen LogP) is 4.56. The highest BCUT2D eigenvalue weighted by atomic mass is 35.5. The minimum Gasteiger partial charge on any atom is -0.349 e. The summed E-state index contributed by atoms with van der Waals surface area (Å²) >= 11 is 9.02. The topological polar surface area (TPSA) is 45.2 Å². The van der Waals surface area contributed by atoms with Crippen molar-refractivity contribution in [2.45, 2.75) is 6.04 Å². The number of carbonyl (C=O) groups is 1. The van der Waals surface area contributed by atoms with E-state index in [1.54, 1.807) is 16.7 Å². The molecule has 25 heavy (non-hydrogen) atoms. The number of nitrogens with zero attached hydrogens (tertiary/aromatic N) is 2. The number of aromatic nitrogens is 1. The lowest BCUT2D eigenvalue weighted by molar-refractivity contribution is 0.0937. The van der Waals surface area contributed by atoms with E-state index in [4.69, 9.17) is 11.6 Å². The van der Waals surface area contributed by atoms with Crippen LogP contribution in [-0.4, -0.2) is 36.4 Å². The molecule has 1 N–H and O–H groups in total. The first-order valence-electron chi connectivity index (χ1n) is 7.73. The lowest BCUT2D eigenvalue weighted by atomic mass is 10.1. The Bertz CT molecular complexity index is 828. The van der Waals surface area contributed by atoms with Crippen LogP contribution < -0.4 is 5.32 Å². The van der Waals surface area contributed by atoms with Crippen LogP contribution in [0.1, 0.15) is 22.1 Å². The Hall–Kier alpha value is -1.73. The first-order chi connectivity index (χ1) is 12.0. The van der Waals surface area contributed by atoms with Crippen LogP contribution in [-0.2, 0) is 0 Å². The average Bonchev–Trinajstić information content (AvgIpc) is 3.27. The summed E-state index contributed by atoms with van der Waals surface area (Å²) in [7, 11) is 4.02. The highest BCUT2D eigenvalue weighted by Gasteiger charge is 2.17. The van der Waals surface area contributed by atoms with Gasteiger partial charge in [0, 0.05) is 22.5 Å². The Kier molecular flexibility index (Phi) is 5.86. The first kappa shape index (κ1) is 18.1. The second-order valence-corrected chi connectivity index (χ2v) is 7.87. The molecule has 2 heterocycles. The standard InChI is InChI=1S/C18H18ClN3OS2/c1-22(2)16(13-7-8-24-10-13)9-20-17(23)15-11-25-18(21-15)12-3-5-14(19)6-4-12/h3-8,10-11,16H,9H2,1-2H3,(H,20,23)/t16-/m1/s1. The summed E-state index contributed by atoms with van der Waals surface area (Å²) in [5.41, 5.74) is 2.60. The molecule has 0 aliphatic rings. The van der Waals surface area contributed by atoms with Gasteiger partial charge < -0.3 is 10.2 Å². The molecule has 2 aromatic heterocycles. The van der Waals surface area contributed by atoms with Crippen molar-refractivity contribution in [3.05, 3.63) is 62.8 Å². The number of benzene rings is 1. The molecule has 4 nitrogen and oxygen atoms in total. The largest absolute Gasteiger partial charge is 0.349 e. The molecule has 0 aliphatic carbocycles. The third kappa shape index (κ3) is 4.46. The van der Waals surface area contributed by atoms with E-state index in [9.17, 15) is 4.79 Å². The van der Waals surface area contributed by atoms with E-state index < -0.39 is 0 Å².